The number of benzene rings is 1. The number of nitrogens with two attached hydrogens (primary N) is 1. The van der Waals surface area contributed by atoms with E-state index in [1.165, 1.54) is 12.1 Å². The van der Waals surface area contributed by atoms with Crippen LogP contribution in [0.1, 0.15) is 26.3 Å². The molecule has 0 fully saturated rings. The number of likely N-dealkylation sites (N-methyl/N-ethyl adjacent to an activating group) is 1. The standard InChI is InChI=1S/C16H27FN2O/c1-13(2)20-10-9-19(4)16(3,12-18)11-14-5-7-15(17)8-6-14/h5-8,13H,9-12,18H2,1-4H3. The summed E-state index contributed by atoms with van der Waals surface area (Å²) in [5.74, 6) is -0.207. The minimum atomic E-state index is -0.207. The number of halogens is 1. The van der Waals surface area contributed by atoms with Gasteiger partial charge in [0.1, 0.15) is 5.82 Å². The molecule has 1 atom stereocenters. The van der Waals surface area contributed by atoms with Gasteiger partial charge in [-0.25, -0.2) is 4.39 Å². The van der Waals surface area contributed by atoms with Crippen LogP contribution in [0.25, 0.3) is 0 Å². The zero-order valence-corrected chi connectivity index (χ0v) is 13.0. The molecule has 0 amide bonds. The highest BCUT2D eigenvalue weighted by molar-refractivity contribution is 5.19. The molecular weight excluding hydrogens is 255 g/mol. The van der Waals surface area contributed by atoms with E-state index in [-0.39, 0.29) is 17.5 Å². The predicted molar refractivity (Wildman–Crippen MR) is 81.3 cm³/mol. The molecule has 20 heavy (non-hydrogen) atoms. The van der Waals surface area contributed by atoms with Gasteiger partial charge < -0.3 is 10.5 Å². The summed E-state index contributed by atoms with van der Waals surface area (Å²) in [6, 6.07) is 6.63. The van der Waals surface area contributed by atoms with E-state index in [2.05, 4.69) is 18.9 Å². The molecule has 0 bridgehead atoms. The van der Waals surface area contributed by atoms with Crippen molar-refractivity contribution in [2.24, 2.45) is 5.73 Å². The minimum Gasteiger partial charge on any atom is -0.377 e. The first-order chi connectivity index (χ1) is 9.37. The normalized spacial score (nSPS) is 14.8. The minimum absolute atomic E-state index is 0.155. The van der Waals surface area contributed by atoms with Crippen LogP contribution in [0.15, 0.2) is 24.3 Å². The van der Waals surface area contributed by atoms with Crippen molar-refractivity contribution in [3.05, 3.63) is 35.6 Å². The van der Waals surface area contributed by atoms with Crippen molar-refractivity contribution in [2.75, 3.05) is 26.7 Å². The summed E-state index contributed by atoms with van der Waals surface area (Å²) < 4.78 is 18.5. The highest BCUT2D eigenvalue weighted by Crippen LogP contribution is 2.19. The molecule has 0 aliphatic heterocycles. The number of hydrogen-bond acceptors (Lipinski definition) is 3. The molecule has 114 valence electrons. The van der Waals surface area contributed by atoms with E-state index >= 15 is 0 Å². The van der Waals surface area contributed by atoms with Gasteiger partial charge in [0.2, 0.25) is 0 Å². The number of rotatable bonds is 8. The van der Waals surface area contributed by atoms with Crippen molar-refractivity contribution < 1.29 is 9.13 Å². The van der Waals surface area contributed by atoms with E-state index in [0.717, 1.165) is 18.5 Å². The monoisotopic (exact) mass is 282 g/mol. The van der Waals surface area contributed by atoms with Crippen LogP contribution in [0.4, 0.5) is 4.39 Å². The Labute approximate surface area is 121 Å². The van der Waals surface area contributed by atoms with Gasteiger partial charge in [0, 0.05) is 18.6 Å². The molecule has 1 aromatic carbocycles. The maximum atomic E-state index is 13.0. The first-order valence-electron chi connectivity index (χ1n) is 7.15. The fraction of sp³-hybridized carbons (Fsp3) is 0.625. The lowest BCUT2D eigenvalue weighted by molar-refractivity contribution is 0.0394. The van der Waals surface area contributed by atoms with Gasteiger partial charge in [0.25, 0.3) is 0 Å². The second kappa shape index (κ2) is 7.72. The zero-order chi connectivity index (χ0) is 15.2. The Hall–Kier alpha value is -0.970. The summed E-state index contributed by atoms with van der Waals surface area (Å²) in [5.41, 5.74) is 6.90. The van der Waals surface area contributed by atoms with E-state index in [1.54, 1.807) is 0 Å². The molecule has 0 saturated heterocycles. The fourth-order valence-corrected chi connectivity index (χ4v) is 2.10. The molecule has 0 radical (unpaired) electrons. The smallest absolute Gasteiger partial charge is 0.123 e. The van der Waals surface area contributed by atoms with Crippen molar-refractivity contribution in [3.63, 3.8) is 0 Å². The molecule has 1 unspecified atom stereocenters. The van der Waals surface area contributed by atoms with Crippen LogP contribution >= 0.6 is 0 Å². The highest BCUT2D eigenvalue weighted by atomic mass is 19.1. The molecule has 0 saturated carbocycles. The number of ether oxygens (including phenoxy) is 1. The topological polar surface area (TPSA) is 38.5 Å². The zero-order valence-electron chi connectivity index (χ0n) is 13.0. The average molecular weight is 282 g/mol. The van der Waals surface area contributed by atoms with E-state index in [0.29, 0.717) is 13.2 Å². The summed E-state index contributed by atoms with van der Waals surface area (Å²) in [7, 11) is 2.06. The third-order valence-electron chi connectivity index (χ3n) is 3.74. The summed E-state index contributed by atoms with van der Waals surface area (Å²) >= 11 is 0. The number of nitrogens with zero attached hydrogens (tertiary/aromatic N) is 1. The van der Waals surface area contributed by atoms with Crippen LogP contribution in [0.2, 0.25) is 0 Å². The Balaban J connectivity index is 2.62. The quantitative estimate of drug-likeness (QED) is 0.796. The summed E-state index contributed by atoms with van der Waals surface area (Å²) in [4.78, 5) is 2.22. The molecule has 4 heteroatoms. The van der Waals surface area contributed by atoms with Gasteiger partial charge in [-0.2, -0.15) is 0 Å². The lowest BCUT2D eigenvalue weighted by atomic mass is 9.91. The van der Waals surface area contributed by atoms with Gasteiger partial charge in [-0.15, -0.1) is 0 Å². The maximum absolute atomic E-state index is 13.0. The van der Waals surface area contributed by atoms with Crippen molar-refractivity contribution in [1.29, 1.82) is 0 Å². The van der Waals surface area contributed by atoms with Gasteiger partial charge in [-0.3, -0.25) is 4.90 Å². The fourth-order valence-electron chi connectivity index (χ4n) is 2.10. The van der Waals surface area contributed by atoms with Gasteiger partial charge in [0.15, 0.2) is 0 Å². The van der Waals surface area contributed by atoms with Crippen LogP contribution < -0.4 is 5.73 Å². The Morgan fingerprint density at radius 2 is 1.90 bits per heavy atom. The largest absolute Gasteiger partial charge is 0.377 e. The van der Waals surface area contributed by atoms with Gasteiger partial charge in [-0.05, 0) is 51.9 Å². The molecule has 0 spiro atoms. The molecular formula is C16H27FN2O. The third kappa shape index (κ3) is 5.19. The predicted octanol–water partition coefficient (Wildman–Crippen LogP) is 2.44. The molecule has 0 aromatic heterocycles. The van der Waals surface area contributed by atoms with Gasteiger partial charge >= 0.3 is 0 Å². The van der Waals surface area contributed by atoms with Crippen LogP contribution in [-0.4, -0.2) is 43.3 Å². The maximum Gasteiger partial charge on any atom is 0.123 e. The molecule has 0 heterocycles. The summed E-state index contributed by atoms with van der Waals surface area (Å²) in [5, 5.41) is 0. The first kappa shape index (κ1) is 17.1. The molecule has 1 aromatic rings. The summed E-state index contributed by atoms with van der Waals surface area (Å²) in [6.07, 6.45) is 1.03. The molecule has 2 N–H and O–H groups in total. The van der Waals surface area contributed by atoms with E-state index < -0.39 is 0 Å². The van der Waals surface area contributed by atoms with Crippen molar-refractivity contribution in [2.45, 2.75) is 38.8 Å². The molecule has 1 rings (SSSR count). The molecule has 3 nitrogen and oxygen atoms in total. The van der Waals surface area contributed by atoms with E-state index in [1.807, 2.05) is 26.0 Å². The van der Waals surface area contributed by atoms with Gasteiger partial charge in [-0.1, -0.05) is 12.1 Å². The van der Waals surface area contributed by atoms with Crippen molar-refractivity contribution in [3.8, 4) is 0 Å². The van der Waals surface area contributed by atoms with Crippen LogP contribution in [0.5, 0.6) is 0 Å². The molecule has 0 aliphatic carbocycles. The highest BCUT2D eigenvalue weighted by Gasteiger charge is 2.27. The van der Waals surface area contributed by atoms with Crippen LogP contribution in [0, 0.1) is 5.82 Å². The average Bonchev–Trinajstić information content (AvgIpc) is 2.40. The summed E-state index contributed by atoms with van der Waals surface area (Å²) in [6.45, 7) is 8.25. The molecule has 0 aliphatic rings. The number of hydrogen-bond donors (Lipinski definition) is 1. The lowest BCUT2D eigenvalue weighted by Gasteiger charge is -2.38. The first-order valence-corrected chi connectivity index (χ1v) is 7.15. The van der Waals surface area contributed by atoms with Crippen molar-refractivity contribution in [1.82, 2.24) is 4.90 Å². The lowest BCUT2D eigenvalue weighted by Crippen LogP contribution is -2.52. The van der Waals surface area contributed by atoms with E-state index in [4.69, 9.17) is 10.5 Å². The van der Waals surface area contributed by atoms with E-state index in [9.17, 15) is 4.39 Å². The van der Waals surface area contributed by atoms with Crippen molar-refractivity contribution >= 4 is 0 Å². The van der Waals surface area contributed by atoms with Gasteiger partial charge in [0.05, 0.1) is 12.7 Å². The third-order valence-corrected chi connectivity index (χ3v) is 3.74. The Bertz CT molecular complexity index is 394. The Morgan fingerprint density at radius 3 is 2.40 bits per heavy atom. The second-order valence-corrected chi connectivity index (χ2v) is 5.85. The van der Waals surface area contributed by atoms with Crippen LogP contribution in [0.3, 0.4) is 0 Å². The Morgan fingerprint density at radius 1 is 1.30 bits per heavy atom. The van der Waals surface area contributed by atoms with Crippen LogP contribution in [-0.2, 0) is 11.2 Å². The Kier molecular flexibility index (Phi) is 6.59. The SMILES string of the molecule is CC(C)OCCN(C)C(C)(CN)Cc1ccc(F)cc1. The second-order valence-electron chi connectivity index (χ2n) is 5.85.